The van der Waals surface area contributed by atoms with Crippen molar-refractivity contribution >= 4 is 96.6 Å². The number of ether oxygens (including phenoxy) is 1. The number of nitrogens with one attached hydrogen (secondary N) is 1. The van der Waals surface area contributed by atoms with Crippen LogP contribution in [-0.2, 0) is 24.0 Å². The Morgan fingerprint density at radius 1 is 1.24 bits per heavy atom. The minimum atomic E-state index is -1.65. The van der Waals surface area contributed by atoms with Crippen molar-refractivity contribution in [2.75, 3.05) is 48.9 Å². The molecule has 1 aromatic carbocycles. The number of thiazole rings is 1. The zero-order valence-electron chi connectivity index (χ0n) is 27.3. The number of nitrogen functional groups attached to an aromatic ring is 1. The number of benzene rings is 1. The number of esters is 1. The van der Waals surface area contributed by atoms with Gasteiger partial charge in [-0.25, -0.2) is 18.6 Å². The molecule has 51 heavy (non-hydrogen) atoms. The van der Waals surface area contributed by atoms with Gasteiger partial charge in [-0.2, -0.15) is 0 Å². The number of hydrogen-bond acceptors (Lipinski definition) is 16. The summed E-state index contributed by atoms with van der Waals surface area (Å²) >= 11 is 3.88. The number of carbonyl (C=O) groups is 4. The van der Waals surface area contributed by atoms with E-state index in [4.69, 9.17) is 15.3 Å². The van der Waals surface area contributed by atoms with Gasteiger partial charge in [-0.05, 0) is 31.4 Å². The molecular formula is C30H27F2N6NaO8S4. The first-order valence-electron chi connectivity index (χ1n) is 15.0. The molecular weight excluding hydrogens is 762 g/mol. The molecule has 2 amide bonds. The van der Waals surface area contributed by atoms with Gasteiger partial charge in [0.15, 0.2) is 16.7 Å². The number of aromatic nitrogens is 1. The largest absolute Gasteiger partial charge is 1.00 e. The van der Waals surface area contributed by atoms with Crippen LogP contribution in [0.15, 0.2) is 36.9 Å². The Hall–Kier alpha value is -3.27. The molecule has 2 fully saturated rings. The number of amides is 2. The van der Waals surface area contributed by atoms with Crippen LogP contribution in [0, 0.1) is 11.6 Å². The molecule has 0 unspecified atom stereocenters. The number of carbonyl (C=O) groups excluding carboxylic acids is 4. The molecule has 0 radical (unpaired) electrons. The fraction of sp³-hybridized carbons (Fsp3) is 0.367. The van der Waals surface area contributed by atoms with Crippen molar-refractivity contribution in [3.05, 3.63) is 55.8 Å². The number of halogens is 2. The minimum absolute atomic E-state index is 0. The standard InChI is InChI=1S/C30H28F2N6O8S4.Na/c1-3-46-28(44)16-22(39)13-8-14(31)21(37-6-4-5-7-37)17(32)23(13)50-29(16)48-10-12-9-47-26-19(25(41)38(26)20(12)27(42)43)35-24(40)18(36-45-2)15-11-49-30(33)34-15;/h8,11,19,26H,3-7,9-10H2,1-2H3,(H2,33,34)(H,35,40)(H,42,43);/q;+1/p-1/b36-18-;/t19-,26+;/m1./s1. The fourth-order valence-corrected chi connectivity index (χ4v) is 10.2. The van der Waals surface area contributed by atoms with E-state index in [1.807, 2.05) is 0 Å². The summed E-state index contributed by atoms with van der Waals surface area (Å²) in [4.78, 5) is 76.7. The summed E-state index contributed by atoms with van der Waals surface area (Å²) in [7, 11) is 1.22. The number of β-lactam (4-membered cyclic amide) rings is 1. The SMILES string of the molecule is CCOC(=O)c1c(SCC2=C(C(=O)[O-])N3C(=O)[C@@H](NC(=O)/C(=N\OC)c4csc(N)n4)[C@@H]3SC2)sc2c(F)c(N3CCCC3)c(F)cc2c1=O.[Na+]. The maximum Gasteiger partial charge on any atom is 1.00 e. The molecule has 21 heteroatoms. The Labute approximate surface area is 327 Å². The van der Waals surface area contributed by atoms with E-state index in [0.717, 1.165) is 58.2 Å². The Morgan fingerprint density at radius 2 is 1.96 bits per heavy atom. The number of rotatable bonds is 11. The van der Waals surface area contributed by atoms with Crippen LogP contribution in [-0.4, -0.2) is 89.1 Å². The van der Waals surface area contributed by atoms with Crippen LogP contribution in [0.2, 0.25) is 0 Å². The van der Waals surface area contributed by atoms with Crippen molar-refractivity contribution in [1.82, 2.24) is 15.2 Å². The second kappa shape index (κ2) is 16.2. The van der Waals surface area contributed by atoms with E-state index in [0.29, 0.717) is 13.1 Å². The minimum Gasteiger partial charge on any atom is -0.543 e. The predicted molar refractivity (Wildman–Crippen MR) is 183 cm³/mol. The Bertz CT molecular complexity index is 2050. The summed E-state index contributed by atoms with van der Waals surface area (Å²) < 4.78 is 36.1. The summed E-state index contributed by atoms with van der Waals surface area (Å²) in [6.45, 7) is 2.34. The number of nitrogens with zero attached hydrogens (tertiary/aromatic N) is 4. The van der Waals surface area contributed by atoms with Crippen molar-refractivity contribution in [3.8, 4) is 0 Å². The molecule has 2 aromatic heterocycles. The topological polar surface area (TPSA) is 197 Å². The summed E-state index contributed by atoms with van der Waals surface area (Å²) in [6, 6.07) is -0.193. The van der Waals surface area contributed by atoms with Crippen molar-refractivity contribution in [3.63, 3.8) is 0 Å². The van der Waals surface area contributed by atoms with E-state index in [1.165, 1.54) is 31.2 Å². The van der Waals surface area contributed by atoms with Gasteiger partial charge in [-0.15, -0.1) is 46.2 Å². The van der Waals surface area contributed by atoms with Crippen LogP contribution in [0.25, 0.3) is 10.1 Å². The summed E-state index contributed by atoms with van der Waals surface area (Å²) in [5, 5.41) is 19.2. The first kappa shape index (κ1) is 38.9. The zero-order valence-corrected chi connectivity index (χ0v) is 32.5. The Kier molecular flexibility index (Phi) is 12.4. The average molecular weight is 789 g/mol. The van der Waals surface area contributed by atoms with E-state index >= 15 is 8.78 Å². The van der Waals surface area contributed by atoms with Crippen LogP contribution in [0.5, 0.6) is 0 Å². The van der Waals surface area contributed by atoms with Crippen LogP contribution in [0.4, 0.5) is 19.6 Å². The molecule has 3 aromatic rings. The number of anilines is 2. The van der Waals surface area contributed by atoms with Crippen LogP contribution in [0.1, 0.15) is 35.8 Å². The Balaban J connectivity index is 0.00000504. The quantitative estimate of drug-likeness (QED) is 0.0595. The van der Waals surface area contributed by atoms with E-state index in [9.17, 15) is 29.1 Å². The average Bonchev–Trinajstić information content (AvgIpc) is 3.77. The normalized spacial score (nSPS) is 18.7. The molecule has 0 saturated carbocycles. The van der Waals surface area contributed by atoms with Gasteiger partial charge in [0.2, 0.25) is 5.43 Å². The number of nitrogens with two attached hydrogens (primary N) is 1. The van der Waals surface area contributed by atoms with Crippen molar-refractivity contribution in [2.24, 2.45) is 5.16 Å². The maximum atomic E-state index is 15.9. The van der Waals surface area contributed by atoms with Gasteiger partial charge in [-0.3, -0.25) is 19.3 Å². The molecule has 2 saturated heterocycles. The number of thioether (sulfide) groups is 2. The molecule has 0 bridgehead atoms. The van der Waals surface area contributed by atoms with Gasteiger partial charge < -0.3 is 35.4 Å². The number of aliphatic carboxylic acids is 1. The third kappa shape index (κ3) is 7.36. The number of fused-ring (bicyclic) bond motifs is 2. The third-order valence-electron chi connectivity index (χ3n) is 7.99. The van der Waals surface area contributed by atoms with Crippen LogP contribution >= 0.6 is 46.2 Å². The van der Waals surface area contributed by atoms with Gasteiger partial charge in [0.05, 0.1) is 27.2 Å². The van der Waals surface area contributed by atoms with E-state index in [-0.39, 0.29) is 89.8 Å². The summed E-state index contributed by atoms with van der Waals surface area (Å²) in [5.41, 5.74) is 3.74. The van der Waals surface area contributed by atoms with Gasteiger partial charge in [0.1, 0.15) is 41.3 Å². The molecule has 3 aliphatic rings. The molecule has 264 valence electrons. The van der Waals surface area contributed by atoms with Crippen molar-refractivity contribution < 1.29 is 72.2 Å². The molecule has 5 heterocycles. The molecule has 3 N–H and O–H groups in total. The zero-order chi connectivity index (χ0) is 35.9. The second-order valence-corrected chi connectivity index (χ2v) is 15.2. The summed E-state index contributed by atoms with van der Waals surface area (Å²) in [5.74, 6) is -6.10. The second-order valence-electron chi connectivity index (χ2n) is 11.0. The molecule has 14 nitrogen and oxygen atoms in total. The number of carboxylic acid groups (broad SMARTS) is 1. The number of hydrogen-bond donors (Lipinski definition) is 2. The molecule has 2 atom stereocenters. The van der Waals surface area contributed by atoms with E-state index < -0.39 is 63.5 Å². The number of carboxylic acids is 1. The Morgan fingerprint density at radius 3 is 2.59 bits per heavy atom. The maximum absolute atomic E-state index is 15.9. The third-order valence-corrected chi connectivity index (χ3v) is 12.6. The fourth-order valence-electron chi connectivity index (χ4n) is 5.78. The molecule has 3 aliphatic heterocycles. The first-order valence-corrected chi connectivity index (χ1v) is 18.7. The van der Waals surface area contributed by atoms with Gasteiger partial charge in [-0.1, -0.05) is 5.16 Å². The molecule has 0 spiro atoms. The monoisotopic (exact) mass is 788 g/mol. The van der Waals surface area contributed by atoms with Crippen LogP contribution < -0.4 is 56.0 Å². The van der Waals surface area contributed by atoms with E-state index in [2.05, 4.69) is 15.5 Å². The molecule has 6 rings (SSSR count). The van der Waals surface area contributed by atoms with Gasteiger partial charge >= 0.3 is 35.5 Å². The van der Waals surface area contributed by atoms with Crippen molar-refractivity contribution in [1.29, 1.82) is 0 Å². The first-order chi connectivity index (χ1) is 24.0. The predicted octanol–water partition coefficient (Wildman–Crippen LogP) is -1.09. The van der Waals surface area contributed by atoms with E-state index in [1.54, 1.807) is 4.90 Å². The number of oxime groups is 1. The molecule has 0 aliphatic carbocycles. The van der Waals surface area contributed by atoms with Crippen LogP contribution in [0.3, 0.4) is 0 Å². The van der Waals surface area contributed by atoms with Crippen molar-refractivity contribution in [2.45, 2.75) is 35.4 Å². The smallest absolute Gasteiger partial charge is 0.543 e. The summed E-state index contributed by atoms with van der Waals surface area (Å²) in [6.07, 6.45) is 1.51. The van der Waals surface area contributed by atoms with Gasteiger partial charge in [0.25, 0.3) is 11.8 Å². The van der Waals surface area contributed by atoms with Gasteiger partial charge in [0, 0.05) is 35.4 Å².